The van der Waals surface area contributed by atoms with Crippen LogP contribution >= 0.6 is 0 Å². The van der Waals surface area contributed by atoms with Crippen LogP contribution in [-0.2, 0) is 36.6 Å². The molecule has 4 unspecified atom stereocenters. The van der Waals surface area contributed by atoms with Crippen LogP contribution in [0, 0.1) is 17.8 Å². The average Bonchev–Trinajstić information content (AvgIpc) is 3.54. The molecule has 1 aromatic carbocycles. The number of piperidine rings is 1. The molecule has 1 fully saturated rings. The van der Waals surface area contributed by atoms with E-state index >= 15 is 0 Å². The number of amides is 2. The summed E-state index contributed by atoms with van der Waals surface area (Å²) >= 11 is 0. The first-order valence-electron chi connectivity index (χ1n) is 26.5. The number of alkyl carbamates (subject to hydrolysis) is 2. The van der Waals surface area contributed by atoms with Crippen molar-refractivity contribution in [1.82, 2.24) is 31.1 Å². The number of amidine groups is 2. The number of aliphatic imine (C=N–C) groups is 2. The van der Waals surface area contributed by atoms with Crippen molar-refractivity contribution in [1.29, 1.82) is 0 Å². The molecule has 1 aliphatic carbocycles. The van der Waals surface area contributed by atoms with E-state index in [0.717, 1.165) is 86.6 Å². The molecule has 4 N–H and O–H groups in total. The molecule has 4 rings (SSSR count). The molecule has 404 valence electrons. The second-order valence-corrected chi connectivity index (χ2v) is 18.6. The molecule has 2 heterocycles. The van der Waals surface area contributed by atoms with Gasteiger partial charge in [0.05, 0.1) is 58.2 Å². The molecule has 0 saturated carbocycles. The maximum Gasteiger partial charge on any atom is 0.407 e. The number of fused-ring (bicyclic) bond motifs is 1. The summed E-state index contributed by atoms with van der Waals surface area (Å²) in [6, 6.07) is 6.00. The van der Waals surface area contributed by atoms with E-state index in [-0.39, 0.29) is 24.2 Å². The van der Waals surface area contributed by atoms with Crippen LogP contribution in [-0.4, -0.2) is 124 Å². The van der Waals surface area contributed by atoms with Gasteiger partial charge in [-0.3, -0.25) is 24.6 Å². The Balaban J connectivity index is 0.00000140. The van der Waals surface area contributed by atoms with E-state index in [9.17, 15) is 19.2 Å². The maximum absolute atomic E-state index is 13.3. The van der Waals surface area contributed by atoms with Gasteiger partial charge in [-0.25, -0.2) is 9.59 Å². The first kappa shape index (κ1) is 64.5. The van der Waals surface area contributed by atoms with E-state index in [4.69, 9.17) is 19.5 Å². The van der Waals surface area contributed by atoms with Crippen molar-refractivity contribution < 1.29 is 33.4 Å². The summed E-state index contributed by atoms with van der Waals surface area (Å²) in [5.74, 6) is 3.30. The number of aldehydes is 1. The third kappa shape index (κ3) is 23.8. The summed E-state index contributed by atoms with van der Waals surface area (Å²) in [5, 5.41) is 12.0. The van der Waals surface area contributed by atoms with Crippen LogP contribution in [0.5, 0.6) is 0 Å². The predicted octanol–water partition coefficient (Wildman–Crippen LogP) is 10.2. The number of ketones is 1. The Morgan fingerprint density at radius 2 is 1.72 bits per heavy atom. The number of nitrogens with zero attached hydrogens (tertiary/aromatic N) is 4. The number of ether oxygens (including phenoxy) is 3. The lowest BCUT2D eigenvalue weighted by molar-refractivity contribution is -0.123. The highest BCUT2D eigenvalue weighted by atomic mass is 16.5. The van der Waals surface area contributed by atoms with Gasteiger partial charge in [0, 0.05) is 24.2 Å². The second kappa shape index (κ2) is 37.2. The number of carbonyl (C=O) groups is 4. The summed E-state index contributed by atoms with van der Waals surface area (Å²) in [5.41, 5.74) is 5.96. The molecule has 15 heteroatoms. The minimum absolute atomic E-state index is 0.0430. The highest BCUT2D eigenvalue weighted by Crippen LogP contribution is 2.33. The van der Waals surface area contributed by atoms with Gasteiger partial charge in [-0.1, -0.05) is 119 Å². The monoisotopic (exact) mass is 1000 g/mol. The fraction of sp³-hybridized carbons (Fsp3) is 0.614. The summed E-state index contributed by atoms with van der Waals surface area (Å²) in [4.78, 5) is 60.5. The highest BCUT2D eigenvalue weighted by molar-refractivity contribution is 5.91. The Labute approximate surface area is 434 Å². The number of benzene rings is 1. The van der Waals surface area contributed by atoms with E-state index in [2.05, 4.69) is 99.7 Å². The van der Waals surface area contributed by atoms with Crippen LogP contribution < -0.4 is 21.3 Å². The minimum atomic E-state index is -0.618. The normalized spacial score (nSPS) is 17.2. The van der Waals surface area contributed by atoms with Crippen molar-refractivity contribution in [2.45, 2.75) is 152 Å². The number of allylic oxidation sites excluding steroid dienone is 4. The Bertz CT molecular complexity index is 1990. The fourth-order valence-corrected chi connectivity index (χ4v) is 8.43. The van der Waals surface area contributed by atoms with Gasteiger partial charge < -0.3 is 40.3 Å². The number of carbonyl (C=O) groups excluding carboxylic acids is 4. The molecular formula is C57H94N8O7. The smallest absolute Gasteiger partial charge is 0.407 e. The third-order valence-electron chi connectivity index (χ3n) is 11.9. The Kier molecular flexibility index (Phi) is 33.3. The summed E-state index contributed by atoms with van der Waals surface area (Å²) in [7, 11) is 4.76. The number of hydrogen-bond acceptors (Lipinski definition) is 12. The van der Waals surface area contributed by atoms with Crippen LogP contribution in [0.2, 0.25) is 0 Å². The quantitative estimate of drug-likeness (QED) is 0.0355. The number of methoxy groups -OCH3 is 2. The number of likely N-dealkylation sites (tertiary alicyclic amines) is 1. The second-order valence-electron chi connectivity index (χ2n) is 18.6. The lowest BCUT2D eigenvalue weighted by atomic mass is 9.97. The number of Topliss-reactive ketones (excluding diaryl/α,β-unsaturated/α-hetero) is 1. The van der Waals surface area contributed by atoms with Gasteiger partial charge in [0.15, 0.2) is 5.78 Å². The largest absolute Gasteiger partial charge is 0.464 e. The highest BCUT2D eigenvalue weighted by Gasteiger charge is 2.27. The van der Waals surface area contributed by atoms with Gasteiger partial charge in [-0.2, -0.15) is 0 Å². The van der Waals surface area contributed by atoms with E-state index < -0.39 is 24.3 Å². The number of aryl methyl sites for hydroxylation is 1. The standard InChI is InChI=1S/C45H67N7O4.C8H15NO3.2C2H6/c1-9-24-52(30-40(53)42(32(4)5)50-45(54)55-8)31-41-47-23-22-37(49-41)28-34-19-21-38-36(27-34)16-14-15-35(43(38)56-26-10-2)20-18-33(6)29-48-44(46-11-3)39-17-12-13-25-51(39)7;1-6(2)4-7(5-10)9-8(11)12-3;2*1-2/h10-11,18-22,26-27,32-33,39,42H,3,9,12-17,23-25,28-31H2,1-2,4-8H3,(H,46,48)(H,47,49)(H,50,54);5-7H,4H2,1-3H3,(H,9,11);2*1-2H3/b20-18+,26-10+;;;. The number of likely N-dealkylation sites (N-methyl/N-ethyl adjacent to an activating group) is 1. The molecule has 0 bridgehead atoms. The first-order chi connectivity index (χ1) is 34.7. The molecule has 2 aliphatic heterocycles. The number of hydrogen-bond donors (Lipinski definition) is 4. The van der Waals surface area contributed by atoms with E-state index in [1.54, 1.807) is 12.5 Å². The van der Waals surface area contributed by atoms with Gasteiger partial charge in [0.1, 0.15) is 23.7 Å². The van der Waals surface area contributed by atoms with E-state index in [1.165, 1.54) is 43.8 Å². The van der Waals surface area contributed by atoms with Crippen molar-refractivity contribution in [2.75, 3.05) is 60.5 Å². The zero-order valence-electron chi connectivity index (χ0n) is 46.7. The lowest BCUT2D eigenvalue weighted by Gasteiger charge is -2.33. The Hall–Kier alpha value is -5.54. The summed E-state index contributed by atoms with van der Waals surface area (Å²) in [6.07, 6.45) is 20.4. The van der Waals surface area contributed by atoms with Crippen LogP contribution in [0.25, 0.3) is 5.76 Å². The van der Waals surface area contributed by atoms with Crippen molar-refractivity contribution in [3.63, 3.8) is 0 Å². The topological polar surface area (TPSA) is 175 Å². The number of rotatable bonds is 23. The SMILES string of the molecule is C=CNC(=NCC(C)/C=C/C1=C(O/C=C/C)c2ccc(CC3=CCN=C(CN(CCC)CC(=O)C(NC(=O)OC)C(C)C)N3)cc2CCC1)C1CCCCN1C.CC.CC.COC(=O)NC(C=O)CC(C)C. The molecule has 3 aliphatic rings. The maximum atomic E-state index is 13.3. The molecule has 72 heavy (non-hydrogen) atoms. The van der Waals surface area contributed by atoms with Gasteiger partial charge in [-0.15, -0.1) is 0 Å². The Morgan fingerprint density at radius 3 is 2.33 bits per heavy atom. The molecule has 2 amide bonds. The van der Waals surface area contributed by atoms with Crippen molar-refractivity contribution in [2.24, 2.45) is 27.7 Å². The lowest BCUT2D eigenvalue weighted by Crippen LogP contribution is -2.50. The van der Waals surface area contributed by atoms with Crippen LogP contribution in [0.15, 0.2) is 82.8 Å². The zero-order chi connectivity index (χ0) is 54.0. The molecule has 15 nitrogen and oxygen atoms in total. The van der Waals surface area contributed by atoms with E-state index in [0.29, 0.717) is 38.0 Å². The summed E-state index contributed by atoms with van der Waals surface area (Å²) < 4.78 is 15.5. The number of nitrogens with one attached hydrogen (secondary N) is 4. The molecule has 1 saturated heterocycles. The summed E-state index contributed by atoms with van der Waals surface area (Å²) in [6.45, 7) is 29.9. The van der Waals surface area contributed by atoms with Crippen molar-refractivity contribution in [3.05, 3.63) is 89.5 Å². The molecule has 1 aromatic rings. The molecule has 0 spiro atoms. The predicted molar refractivity (Wildman–Crippen MR) is 297 cm³/mol. The zero-order valence-corrected chi connectivity index (χ0v) is 46.7. The van der Waals surface area contributed by atoms with Crippen molar-refractivity contribution >= 4 is 41.7 Å². The van der Waals surface area contributed by atoms with Gasteiger partial charge in [0.25, 0.3) is 0 Å². The molecule has 0 radical (unpaired) electrons. The minimum Gasteiger partial charge on any atom is -0.464 e. The van der Waals surface area contributed by atoms with Crippen LogP contribution in [0.1, 0.15) is 138 Å². The first-order valence-corrected chi connectivity index (χ1v) is 26.5. The van der Waals surface area contributed by atoms with Gasteiger partial charge >= 0.3 is 12.2 Å². The Morgan fingerprint density at radius 1 is 1.01 bits per heavy atom. The van der Waals surface area contributed by atoms with Gasteiger partial charge in [-0.05, 0) is 119 Å². The average molecular weight is 1000 g/mol. The van der Waals surface area contributed by atoms with Crippen molar-refractivity contribution in [3.8, 4) is 0 Å². The van der Waals surface area contributed by atoms with Gasteiger partial charge in [0.2, 0.25) is 0 Å². The van der Waals surface area contributed by atoms with Crippen LogP contribution in [0.3, 0.4) is 0 Å². The van der Waals surface area contributed by atoms with E-state index in [1.807, 2.05) is 68.4 Å². The molecule has 4 atom stereocenters. The molecule has 0 aromatic heterocycles. The third-order valence-corrected chi connectivity index (χ3v) is 11.9. The fourth-order valence-electron chi connectivity index (χ4n) is 8.43. The molecular weight excluding hydrogens is 909 g/mol. The van der Waals surface area contributed by atoms with Crippen LogP contribution in [0.4, 0.5) is 9.59 Å².